The average molecular weight is 418 g/mol. The summed E-state index contributed by atoms with van der Waals surface area (Å²) < 4.78 is 13.5. The van der Waals surface area contributed by atoms with E-state index in [2.05, 4.69) is 21.2 Å². The number of anilines is 1. The minimum atomic E-state index is -0.758. The lowest BCUT2D eigenvalue weighted by molar-refractivity contribution is -0.121. The summed E-state index contributed by atoms with van der Waals surface area (Å²) in [5, 5.41) is 6.61. The molecule has 3 rings (SSSR count). The van der Waals surface area contributed by atoms with E-state index < -0.39 is 17.6 Å². The first-order chi connectivity index (χ1) is 13.5. The van der Waals surface area contributed by atoms with Crippen molar-refractivity contribution in [2.24, 2.45) is 0 Å². The molecule has 2 heterocycles. The van der Waals surface area contributed by atoms with Crippen LogP contribution in [0.5, 0.6) is 0 Å². The van der Waals surface area contributed by atoms with E-state index in [9.17, 15) is 18.8 Å². The van der Waals surface area contributed by atoms with Crippen molar-refractivity contribution in [3.8, 4) is 0 Å². The number of carbonyl (C=O) groups is 3. The summed E-state index contributed by atoms with van der Waals surface area (Å²) >= 11 is 2.69. The highest BCUT2D eigenvalue weighted by molar-refractivity contribution is 7.14. The zero-order valence-electron chi connectivity index (χ0n) is 14.4. The highest BCUT2D eigenvalue weighted by atomic mass is 32.1. The van der Waals surface area contributed by atoms with E-state index in [0.717, 1.165) is 10.9 Å². The SMILES string of the molecule is O=C(Cc1csc(NC(=O)Cc2cccs2)n1)NNC(=O)c1ccccc1F. The monoisotopic (exact) mass is 418 g/mol. The second kappa shape index (κ2) is 9.20. The molecular weight excluding hydrogens is 403 g/mol. The molecule has 0 radical (unpaired) electrons. The fraction of sp³-hybridized carbons (Fsp3) is 0.111. The fourth-order valence-corrected chi connectivity index (χ4v) is 3.66. The second-order valence-electron chi connectivity index (χ2n) is 5.61. The zero-order valence-corrected chi connectivity index (χ0v) is 16.0. The molecule has 1 aromatic carbocycles. The van der Waals surface area contributed by atoms with Gasteiger partial charge in [0.1, 0.15) is 5.82 Å². The van der Waals surface area contributed by atoms with Gasteiger partial charge in [-0.25, -0.2) is 9.37 Å². The molecule has 0 spiro atoms. The molecule has 3 amide bonds. The van der Waals surface area contributed by atoms with Gasteiger partial charge < -0.3 is 5.32 Å². The van der Waals surface area contributed by atoms with Crippen molar-refractivity contribution in [3.63, 3.8) is 0 Å². The third-order valence-corrected chi connectivity index (χ3v) is 5.17. The Kier molecular flexibility index (Phi) is 6.45. The Balaban J connectivity index is 1.46. The van der Waals surface area contributed by atoms with Crippen LogP contribution in [0.1, 0.15) is 20.9 Å². The van der Waals surface area contributed by atoms with Crippen molar-refractivity contribution in [1.29, 1.82) is 0 Å². The Bertz CT molecular complexity index is 988. The summed E-state index contributed by atoms with van der Waals surface area (Å²) in [6.45, 7) is 0. The number of nitrogens with zero attached hydrogens (tertiary/aromatic N) is 1. The summed E-state index contributed by atoms with van der Waals surface area (Å²) in [6.07, 6.45) is 0.157. The van der Waals surface area contributed by atoms with Crippen LogP contribution < -0.4 is 16.2 Å². The number of hydrogen-bond donors (Lipinski definition) is 3. The molecule has 3 N–H and O–H groups in total. The van der Waals surface area contributed by atoms with Gasteiger partial charge in [-0.2, -0.15) is 0 Å². The molecule has 0 aliphatic heterocycles. The highest BCUT2D eigenvalue weighted by Gasteiger charge is 2.13. The third-order valence-electron chi connectivity index (χ3n) is 3.49. The maximum atomic E-state index is 13.5. The molecule has 0 saturated heterocycles. The summed E-state index contributed by atoms with van der Waals surface area (Å²) in [7, 11) is 0. The van der Waals surface area contributed by atoms with Crippen LogP contribution in [0.4, 0.5) is 9.52 Å². The molecule has 0 aliphatic rings. The molecule has 144 valence electrons. The molecule has 0 fully saturated rings. The van der Waals surface area contributed by atoms with Crippen molar-refractivity contribution < 1.29 is 18.8 Å². The third kappa shape index (κ3) is 5.44. The number of nitrogens with one attached hydrogen (secondary N) is 3. The van der Waals surface area contributed by atoms with Gasteiger partial charge >= 0.3 is 0 Å². The number of amides is 3. The van der Waals surface area contributed by atoms with Gasteiger partial charge in [0, 0.05) is 10.3 Å². The zero-order chi connectivity index (χ0) is 19.9. The van der Waals surface area contributed by atoms with Crippen LogP contribution in [0, 0.1) is 5.82 Å². The van der Waals surface area contributed by atoms with E-state index >= 15 is 0 Å². The van der Waals surface area contributed by atoms with E-state index in [1.807, 2.05) is 17.5 Å². The average Bonchev–Trinajstić information content (AvgIpc) is 3.32. The van der Waals surface area contributed by atoms with Crippen LogP contribution in [-0.4, -0.2) is 22.7 Å². The van der Waals surface area contributed by atoms with Crippen LogP contribution in [0.25, 0.3) is 0 Å². The van der Waals surface area contributed by atoms with Crippen LogP contribution >= 0.6 is 22.7 Å². The molecule has 0 atom stereocenters. The van der Waals surface area contributed by atoms with E-state index in [1.165, 1.54) is 40.9 Å². The van der Waals surface area contributed by atoms with Gasteiger partial charge in [-0.05, 0) is 23.6 Å². The number of halogens is 1. The maximum Gasteiger partial charge on any atom is 0.272 e. The number of thiophene rings is 1. The number of hydrogen-bond acceptors (Lipinski definition) is 6. The number of carbonyl (C=O) groups excluding carboxylic acids is 3. The molecule has 0 aliphatic carbocycles. The Morgan fingerprint density at radius 2 is 1.79 bits per heavy atom. The summed E-state index contributed by atoms with van der Waals surface area (Å²) in [5.41, 5.74) is 4.63. The number of benzene rings is 1. The number of aromatic nitrogens is 1. The lowest BCUT2D eigenvalue weighted by atomic mass is 10.2. The summed E-state index contributed by atoms with van der Waals surface area (Å²) in [5.74, 6) is -2.15. The van der Waals surface area contributed by atoms with E-state index in [0.29, 0.717) is 10.8 Å². The topological polar surface area (TPSA) is 100 Å². The molecule has 7 nitrogen and oxygen atoms in total. The van der Waals surface area contributed by atoms with Crippen molar-refractivity contribution in [2.75, 3.05) is 5.32 Å². The van der Waals surface area contributed by atoms with Gasteiger partial charge in [0.2, 0.25) is 11.8 Å². The predicted octanol–water partition coefficient (Wildman–Crippen LogP) is 2.53. The minimum Gasteiger partial charge on any atom is -0.302 e. The standard InChI is InChI=1S/C18H15FN4O3S2/c19-14-6-2-1-5-13(14)17(26)23-22-16(25)8-11-10-28-18(20-11)21-15(24)9-12-4-3-7-27-12/h1-7,10H,8-9H2,(H,22,25)(H,23,26)(H,20,21,24). The number of thiazole rings is 1. The van der Waals surface area contributed by atoms with Gasteiger partial charge in [-0.15, -0.1) is 22.7 Å². The normalized spacial score (nSPS) is 10.3. The molecule has 0 saturated carbocycles. The maximum absolute atomic E-state index is 13.5. The first-order valence-electron chi connectivity index (χ1n) is 8.11. The highest BCUT2D eigenvalue weighted by Crippen LogP contribution is 2.17. The molecule has 10 heteroatoms. The molecule has 0 bridgehead atoms. The van der Waals surface area contributed by atoms with E-state index in [-0.39, 0.29) is 24.3 Å². The lowest BCUT2D eigenvalue weighted by Crippen LogP contribution is -2.42. The Labute approximate surface area is 167 Å². The van der Waals surface area contributed by atoms with Crippen molar-refractivity contribution in [2.45, 2.75) is 12.8 Å². The number of rotatable bonds is 6. The summed E-state index contributed by atoms with van der Waals surface area (Å²) in [6, 6.07) is 9.19. The Hall–Kier alpha value is -3.11. The Morgan fingerprint density at radius 3 is 2.54 bits per heavy atom. The van der Waals surface area contributed by atoms with Crippen LogP contribution in [-0.2, 0) is 22.4 Å². The summed E-state index contributed by atoms with van der Waals surface area (Å²) in [4.78, 5) is 40.9. The van der Waals surface area contributed by atoms with E-state index in [4.69, 9.17) is 0 Å². The molecule has 0 unspecified atom stereocenters. The molecule has 2 aromatic heterocycles. The first-order valence-corrected chi connectivity index (χ1v) is 9.87. The van der Waals surface area contributed by atoms with Gasteiger partial charge in [0.25, 0.3) is 5.91 Å². The van der Waals surface area contributed by atoms with E-state index in [1.54, 1.807) is 5.38 Å². The minimum absolute atomic E-state index is 0.102. The first kappa shape index (κ1) is 19.6. The van der Waals surface area contributed by atoms with Gasteiger partial charge in [-0.3, -0.25) is 25.2 Å². The fourth-order valence-electron chi connectivity index (χ4n) is 2.23. The molecular formula is C18H15FN4O3S2. The molecule has 28 heavy (non-hydrogen) atoms. The molecule has 3 aromatic rings. The van der Waals surface area contributed by atoms with Crippen LogP contribution in [0.2, 0.25) is 0 Å². The Morgan fingerprint density at radius 1 is 0.964 bits per heavy atom. The van der Waals surface area contributed by atoms with Crippen molar-refractivity contribution >= 4 is 45.5 Å². The van der Waals surface area contributed by atoms with Crippen LogP contribution in [0.15, 0.2) is 47.2 Å². The van der Waals surface area contributed by atoms with Crippen LogP contribution in [0.3, 0.4) is 0 Å². The number of hydrazine groups is 1. The quantitative estimate of drug-likeness (QED) is 0.536. The largest absolute Gasteiger partial charge is 0.302 e. The van der Waals surface area contributed by atoms with Crippen molar-refractivity contribution in [3.05, 3.63) is 69.1 Å². The van der Waals surface area contributed by atoms with Gasteiger partial charge in [-0.1, -0.05) is 18.2 Å². The van der Waals surface area contributed by atoms with Gasteiger partial charge in [0.05, 0.1) is 24.1 Å². The van der Waals surface area contributed by atoms with Crippen molar-refractivity contribution in [1.82, 2.24) is 15.8 Å². The van der Waals surface area contributed by atoms with Gasteiger partial charge in [0.15, 0.2) is 5.13 Å². The smallest absolute Gasteiger partial charge is 0.272 e. The predicted molar refractivity (Wildman–Crippen MR) is 104 cm³/mol. The second-order valence-corrected chi connectivity index (χ2v) is 7.50. The lowest BCUT2D eigenvalue weighted by Gasteiger charge is -2.07.